The van der Waals surface area contributed by atoms with Crippen molar-refractivity contribution in [3.63, 3.8) is 0 Å². The van der Waals surface area contributed by atoms with Gasteiger partial charge < -0.3 is 61.2 Å². The molecule has 11 heteroatoms. The van der Waals surface area contributed by atoms with Crippen LogP contribution in [-0.4, -0.2) is 32.9 Å². The van der Waals surface area contributed by atoms with Gasteiger partial charge in [0.05, 0.1) is 12.8 Å². The molecular weight excluding hydrogens is 378 g/mol. The summed E-state index contributed by atoms with van der Waals surface area (Å²) in [5, 5.41) is 0. The van der Waals surface area contributed by atoms with E-state index in [0.717, 1.165) is 0 Å². The molecule has 0 unspecified atom stereocenters. The molecule has 100 valence electrons. The van der Waals surface area contributed by atoms with Crippen molar-refractivity contribution in [2.45, 2.75) is 12.8 Å². The van der Waals surface area contributed by atoms with Crippen molar-refractivity contribution >= 4 is 82.6 Å². The van der Waals surface area contributed by atoms with Crippen molar-refractivity contribution in [3.05, 3.63) is 0 Å². The Morgan fingerprint density at radius 3 is 1.37 bits per heavy atom. The molecule has 0 saturated carbocycles. The van der Waals surface area contributed by atoms with Gasteiger partial charge in [0.25, 0.3) is 0 Å². The van der Waals surface area contributed by atoms with Crippen molar-refractivity contribution < 1.29 is 29.1 Å². The third kappa shape index (κ3) is 31.8. The number of aliphatic imine (C=N–C) groups is 2. The Morgan fingerprint density at radius 2 is 1.21 bits per heavy atom. The van der Waals surface area contributed by atoms with Gasteiger partial charge >= 0.3 is 19.5 Å². The summed E-state index contributed by atoms with van der Waals surface area (Å²) in [5.74, 6) is -0.880. The standard InChI is InChI=1S/2C4H6N2OS2.Zn/c2*5-3(7)1-2-6-4(8)9;/h2*2H,1H2,(H2,5,7)(H,8,9);/q;;+2/p-2. The molecule has 0 rings (SSSR count). The van der Waals surface area contributed by atoms with E-state index in [4.69, 9.17) is 11.5 Å². The Balaban J connectivity index is -0.000000256. The zero-order valence-electron chi connectivity index (χ0n) is 9.77. The number of carbonyl (C=O) groups is 2. The molecule has 0 fully saturated rings. The Labute approximate surface area is 145 Å². The molecule has 0 aliphatic carbocycles. The van der Waals surface area contributed by atoms with Crippen LogP contribution in [0.1, 0.15) is 12.8 Å². The van der Waals surface area contributed by atoms with E-state index in [-0.39, 0.29) is 41.0 Å². The number of primary amides is 2. The third-order valence-corrected chi connectivity index (χ3v) is 1.40. The van der Waals surface area contributed by atoms with E-state index in [1.807, 2.05) is 0 Å². The van der Waals surface area contributed by atoms with E-state index >= 15 is 0 Å². The molecule has 0 radical (unpaired) electrons. The van der Waals surface area contributed by atoms with Crippen molar-refractivity contribution in [1.29, 1.82) is 0 Å². The number of rotatable bonds is 4. The molecule has 0 saturated heterocycles. The molecule has 0 aromatic carbocycles. The Morgan fingerprint density at radius 1 is 0.947 bits per heavy atom. The molecule has 0 aromatic rings. The number of amides is 2. The van der Waals surface area contributed by atoms with Crippen LogP contribution in [-0.2, 0) is 54.3 Å². The summed E-state index contributed by atoms with van der Waals surface area (Å²) in [6.45, 7) is 0. The zero-order valence-corrected chi connectivity index (χ0v) is 16.0. The second-order valence-corrected chi connectivity index (χ2v) is 4.56. The first-order valence-corrected chi connectivity index (χ1v) is 5.92. The first kappa shape index (κ1) is 23.6. The molecule has 0 bridgehead atoms. The van der Waals surface area contributed by atoms with Crippen LogP contribution in [0.2, 0.25) is 0 Å². The number of nitrogens with zero attached hydrogens (tertiary/aromatic N) is 2. The average molecular weight is 388 g/mol. The molecular formula is C8H10N4O2S4Zn. The molecule has 6 nitrogen and oxygen atoms in total. The monoisotopic (exact) mass is 386 g/mol. The summed E-state index contributed by atoms with van der Waals surface area (Å²) in [7, 11) is 0. The van der Waals surface area contributed by atoms with E-state index in [2.05, 4.69) is 59.7 Å². The van der Waals surface area contributed by atoms with Gasteiger partial charge in [-0.05, 0) is 8.64 Å². The fourth-order valence-corrected chi connectivity index (χ4v) is 0.718. The maximum atomic E-state index is 10.0. The molecule has 2 amide bonds. The number of nitrogens with two attached hydrogens (primary N) is 2. The van der Waals surface area contributed by atoms with E-state index in [1.54, 1.807) is 0 Å². The van der Waals surface area contributed by atoms with Crippen molar-refractivity contribution in [2.24, 2.45) is 21.5 Å². The van der Waals surface area contributed by atoms with Crippen LogP contribution < -0.4 is 11.5 Å². The van der Waals surface area contributed by atoms with Crippen molar-refractivity contribution in [2.75, 3.05) is 0 Å². The number of carbonyl (C=O) groups excluding carboxylic acids is 2. The van der Waals surface area contributed by atoms with Crippen molar-refractivity contribution in [1.82, 2.24) is 0 Å². The summed E-state index contributed by atoms with van der Waals surface area (Å²) in [5.41, 5.74) is 9.54. The van der Waals surface area contributed by atoms with Crippen LogP contribution >= 0.6 is 24.4 Å². The molecule has 0 aromatic heterocycles. The number of thiocarbonyl (C=S) groups is 2. The van der Waals surface area contributed by atoms with E-state index in [9.17, 15) is 9.59 Å². The molecule has 19 heavy (non-hydrogen) atoms. The van der Waals surface area contributed by atoms with Crippen LogP contribution in [0.25, 0.3) is 0 Å². The number of hydrogen-bond acceptors (Lipinski definition) is 6. The van der Waals surface area contributed by atoms with Gasteiger partial charge in [-0.1, -0.05) is 0 Å². The van der Waals surface area contributed by atoms with Crippen LogP contribution in [0.15, 0.2) is 9.98 Å². The molecule has 0 aliphatic rings. The fourth-order valence-electron chi connectivity index (χ4n) is 0.420. The second-order valence-electron chi connectivity index (χ2n) is 2.50. The minimum absolute atomic E-state index is 0. The molecule has 0 atom stereocenters. The molecule has 0 aliphatic heterocycles. The van der Waals surface area contributed by atoms with Gasteiger partial charge in [0.2, 0.25) is 11.8 Å². The van der Waals surface area contributed by atoms with Crippen LogP contribution in [0.4, 0.5) is 0 Å². The topological polar surface area (TPSA) is 111 Å². The van der Waals surface area contributed by atoms with Gasteiger partial charge in [0, 0.05) is 12.4 Å². The summed E-state index contributed by atoms with van der Waals surface area (Å²) in [4.78, 5) is 27.0. The Kier molecular flexibility index (Phi) is 19.4. The minimum atomic E-state index is -0.440. The fraction of sp³-hybridized carbons (Fsp3) is 0.250. The smallest absolute Gasteiger partial charge is 0.409 e. The summed E-state index contributed by atoms with van der Waals surface area (Å²) in [6.07, 6.45) is 2.79. The van der Waals surface area contributed by atoms with Gasteiger partial charge in [-0.3, -0.25) is 19.6 Å². The van der Waals surface area contributed by atoms with Gasteiger partial charge in [0.1, 0.15) is 0 Å². The Hall–Kier alpha value is -0.477. The Bertz CT molecular complexity index is 351. The van der Waals surface area contributed by atoms with Gasteiger partial charge in [-0.15, -0.1) is 0 Å². The van der Waals surface area contributed by atoms with Gasteiger partial charge in [-0.2, -0.15) is 0 Å². The summed E-state index contributed by atoms with van der Waals surface area (Å²) in [6, 6.07) is 0. The van der Waals surface area contributed by atoms with E-state index < -0.39 is 11.8 Å². The first-order valence-electron chi connectivity index (χ1n) is 4.29. The maximum Gasteiger partial charge on any atom is 2.00 e. The summed E-state index contributed by atoms with van der Waals surface area (Å²) < 4.78 is 0.188. The van der Waals surface area contributed by atoms with Crippen molar-refractivity contribution in [3.8, 4) is 0 Å². The predicted molar refractivity (Wildman–Crippen MR) is 84.5 cm³/mol. The maximum absolute atomic E-state index is 10.0. The zero-order chi connectivity index (χ0) is 14.6. The normalized spacial score (nSPS) is 9.26. The summed E-state index contributed by atoms with van der Waals surface area (Å²) >= 11 is 17.6. The van der Waals surface area contributed by atoms with Crippen LogP contribution in [0, 0.1) is 0 Å². The van der Waals surface area contributed by atoms with E-state index in [0.29, 0.717) is 0 Å². The third-order valence-electron chi connectivity index (χ3n) is 0.978. The van der Waals surface area contributed by atoms with Gasteiger partial charge in [0.15, 0.2) is 0 Å². The molecule has 4 N–H and O–H groups in total. The predicted octanol–water partition coefficient (Wildman–Crippen LogP) is -0.474. The average Bonchev–Trinajstić information content (AvgIpc) is 2.15. The van der Waals surface area contributed by atoms with Gasteiger partial charge in [-0.25, -0.2) is 0 Å². The SMILES string of the molecule is NC(=O)CC=NC(=S)[S-].NC(=O)CC=NC(=S)[S-].[Zn+2]. The largest absolute Gasteiger partial charge is 2.00 e. The molecule has 0 spiro atoms. The minimum Gasteiger partial charge on any atom is -0.409 e. The van der Waals surface area contributed by atoms with E-state index in [1.165, 1.54) is 12.4 Å². The molecule has 0 heterocycles. The number of hydrogen-bond donors (Lipinski definition) is 2. The first-order chi connectivity index (χ1) is 8.25. The van der Waals surface area contributed by atoms with Crippen LogP contribution in [0.5, 0.6) is 0 Å². The quantitative estimate of drug-likeness (QED) is 0.292. The second kappa shape index (κ2) is 15.6. The van der Waals surface area contributed by atoms with Crippen LogP contribution in [0.3, 0.4) is 0 Å².